The minimum absolute atomic E-state index is 0.0993. The Labute approximate surface area is 169 Å². The number of anilines is 2. The van der Waals surface area contributed by atoms with Gasteiger partial charge in [0, 0.05) is 18.3 Å². The number of nitrogens with zero attached hydrogens (tertiary/aromatic N) is 1. The zero-order valence-electron chi connectivity index (χ0n) is 15.8. The van der Waals surface area contributed by atoms with Gasteiger partial charge in [-0.3, -0.25) is 13.9 Å². The molecule has 29 heavy (non-hydrogen) atoms. The molecule has 3 aromatic rings. The topological polar surface area (TPSA) is 83.6 Å². The Kier molecular flexibility index (Phi) is 6.09. The first-order valence-electron chi connectivity index (χ1n) is 8.90. The Bertz CT molecular complexity index is 1100. The van der Waals surface area contributed by atoms with Crippen molar-refractivity contribution < 1.29 is 18.0 Å². The number of carbonyl (C=O) groups excluding carboxylic acids is 2. The minimum Gasteiger partial charge on any atom is -0.326 e. The van der Waals surface area contributed by atoms with E-state index in [-0.39, 0.29) is 17.1 Å². The van der Waals surface area contributed by atoms with E-state index in [0.717, 1.165) is 0 Å². The predicted molar refractivity (Wildman–Crippen MR) is 112 cm³/mol. The smallest absolute Gasteiger partial charge is 0.264 e. The molecule has 0 fully saturated rings. The van der Waals surface area contributed by atoms with Crippen LogP contribution in [-0.2, 0) is 14.8 Å². The zero-order valence-corrected chi connectivity index (χ0v) is 16.6. The summed E-state index contributed by atoms with van der Waals surface area (Å²) in [7, 11) is -2.24. The van der Waals surface area contributed by atoms with Crippen LogP contribution in [0.2, 0.25) is 0 Å². The molecule has 0 spiro atoms. The lowest BCUT2D eigenvalue weighted by Crippen LogP contribution is -2.26. The van der Waals surface area contributed by atoms with Crippen LogP contribution in [0.25, 0.3) is 0 Å². The van der Waals surface area contributed by atoms with Gasteiger partial charge in [0.05, 0.1) is 17.0 Å². The lowest BCUT2D eigenvalue weighted by molar-refractivity contribution is -0.115. The van der Waals surface area contributed by atoms with Gasteiger partial charge in [-0.25, -0.2) is 8.42 Å². The summed E-state index contributed by atoms with van der Waals surface area (Å²) in [5.41, 5.74) is 1.43. The lowest BCUT2D eigenvalue weighted by atomic mass is 10.1. The summed E-state index contributed by atoms with van der Waals surface area (Å²) in [4.78, 5) is 24.3. The number of para-hydroxylation sites is 1. The van der Waals surface area contributed by atoms with Crippen molar-refractivity contribution in [3.8, 4) is 0 Å². The molecule has 7 heteroatoms. The van der Waals surface area contributed by atoms with E-state index in [9.17, 15) is 18.0 Å². The highest BCUT2D eigenvalue weighted by Gasteiger charge is 2.21. The third-order valence-electron chi connectivity index (χ3n) is 4.33. The van der Waals surface area contributed by atoms with Crippen molar-refractivity contribution in [2.75, 3.05) is 16.7 Å². The summed E-state index contributed by atoms with van der Waals surface area (Å²) in [6, 6.07) is 23.1. The van der Waals surface area contributed by atoms with Crippen molar-refractivity contribution >= 4 is 33.1 Å². The van der Waals surface area contributed by atoms with Crippen molar-refractivity contribution in [3.63, 3.8) is 0 Å². The van der Waals surface area contributed by atoms with Gasteiger partial charge in [-0.2, -0.15) is 0 Å². The maximum atomic E-state index is 12.8. The summed E-state index contributed by atoms with van der Waals surface area (Å²) < 4.78 is 26.7. The van der Waals surface area contributed by atoms with Gasteiger partial charge in [-0.15, -0.1) is 0 Å². The van der Waals surface area contributed by atoms with Crippen LogP contribution in [0, 0.1) is 0 Å². The molecule has 148 valence electrons. The summed E-state index contributed by atoms with van der Waals surface area (Å²) in [5, 5.41) is 2.61. The van der Waals surface area contributed by atoms with Gasteiger partial charge in [0.15, 0.2) is 5.78 Å². The fourth-order valence-corrected chi connectivity index (χ4v) is 3.92. The van der Waals surface area contributed by atoms with E-state index >= 15 is 0 Å². The molecular formula is C22H20N2O4S. The second kappa shape index (κ2) is 8.70. The Morgan fingerprint density at radius 2 is 1.38 bits per heavy atom. The maximum absolute atomic E-state index is 12.8. The molecule has 0 unspecified atom stereocenters. The van der Waals surface area contributed by atoms with E-state index in [2.05, 4.69) is 5.32 Å². The predicted octanol–water partition coefficient (Wildman–Crippen LogP) is 3.72. The average molecular weight is 408 g/mol. The molecular weight excluding hydrogens is 388 g/mol. The number of nitrogens with one attached hydrogen (secondary N) is 1. The summed E-state index contributed by atoms with van der Waals surface area (Å²) >= 11 is 0. The van der Waals surface area contributed by atoms with Crippen LogP contribution in [0.1, 0.15) is 16.8 Å². The number of hydrogen-bond acceptors (Lipinski definition) is 4. The molecule has 0 heterocycles. The number of ketones is 1. The van der Waals surface area contributed by atoms with Gasteiger partial charge in [0.1, 0.15) is 0 Å². The van der Waals surface area contributed by atoms with Gasteiger partial charge < -0.3 is 5.32 Å². The number of Topliss-reactive ketones (excluding diaryl/α,β-unsaturated/α-hetero) is 1. The van der Waals surface area contributed by atoms with Crippen molar-refractivity contribution in [1.82, 2.24) is 0 Å². The van der Waals surface area contributed by atoms with Crippen molar-refractivity contribution in [3.05, 3.63) is 90.5 Å². The van der Waals surface area contributed by atoms with Crippen LogP contribution >= 0.6 is 0 Å². The van der Waals surface area contributed by atoms with Crippen LogP contribution in [0.5, 0.6) is 0 Å². The molecule has 0 aliphatic rings. The van der Waals surface area contributed by atoms with E-state index in [4.69, 9.17) is 0 Å². The quantitative estimate of drug-likeness (QED) is 0.477. The van der Waals surface area contributed by atoms with Gasteiger partial charge in [-0.1, -0.05) is 48.5 Å². The molecule has 0 aliphatic carbocycles. The van der Waals surface area contributed by atoms with E-state index in [0.29, 0.717) is 16.9 Å². The van der Waals surface area contributed by atoms with Crippen molar-refractivity contribution in [2.24, 2.45) is 0 Å². The third kappa shape index (κ3) is 4.89. The number of benzene rings is 3. The molecule has 0 saturated heterocycles. The van der Waals surface area contributed by atoms with Crippen LogP contribution in [0.3, 0.4) is 0 Å². The van der Waals surface area contributed by atoms with Gasteiger partial charge in [0.25, 0.3) is 10.0 Å². The SMILES string of the molecule is CN(c1ccccc1)S(=O)(=O)c1ccc(NC(=O)CC(=O)c2ccccc2)cc1. The number of hydrogen-bond donors (Lipinski definition) is 1. The zero-order chi connectivity index (χ0) is 20.9. The fraction of sp³-hybridized carbons (Fsp3) is 0.0909. The Hall–Kier alpha value is -3.45. The summed E-state index contributed by atoms with van der Waals surface area (Å²) in [6.45, 7) is 0. The Balaban J connectivity index is 1.67. The van der Waals surface area contributed by atoms with Gasteiger partial charge >= 0.3 is 0 Å². The molecule has 0 saturated carbocycles. The van der Waals surface area contributed by atoms with E-state index in [1.807, 2.05) is 6.07 Å². The molecule has 0 aromatic heterocycles. The third-order valence-corrected chi connectivity index (χ3v) is 6.13. The standard InChI is InChI=1S/C22H20N2O4S/c1-24(19-10-6-3-7-11-19)29(27,28)20-14-12-18(13-15-20)23-22(26)16-21(25)17-8-4-2-5-9-17/h2-15H,16H2,1H3,(H,23,26). The van der Waals surface area contributed by atoms with Gasteiger partial charge in [-0.05, 0) is 36.4 Å². The van der Waals surface area contributed by atoms with E-state index in [1.165, 1.54) is 35.6 Å². The number of amides is 1. The molecule has 1 amide bonds. The van der Waals surface area contributed by atoms with Crippen molar-refractivity contribution in [2.45, 2.75) is 11.3 Å². The molecule has 6 nitrogen and oxygen atoms in total. The molecule has 3 rings (SSSR count). The first-order valence-corrected chi connectivity index (χ1v) is 10.3. The monoisotopic (exact) mass is 408 g/mol. The molecule has 1 N–H and O–H groups in total. The molecule has 3 aromatic carbocycles. The second-order valence-electron chi connectivity index (χ2n) is 6.35. The highest BCUT2D eigenvalue weighted by molar-refractivity contribution is 7.92. The molecule has 0 radical (unpaired) electrons. The van der Waals surface area contributed by atoms with Gasteiger partial charge in [0.2, 0.25) is 5.91 Å². The second-order valence-corrected chi connectivity index (χ2v) is 8.32. The Morgan fingerprint density at radius 3 is 1.97 bits per heavy atom. The Morgan fingerprint density at radius 1 is 0.828 bits per heavy atom. The average Bonchev–Trinajstić information content (AvgIpc) is 2.74. The fourth-order valence-electron chi connectivity index (χ4n) is 2.72. The number of carbonyl (C=O) groups is 2. The molecule has 0 atom stereocenters. The van der Waals surface area contributed by atoms with Crippen LogP contribution in [-0.4, -0.2) is 27.2 Å². The highest BCUT2D eigenvalue weighted by Crippen LogP contribution is 2.23. The highest BCUT2D eigenvalue weighted by atomic mass is 32.2. The lowest BCUT2D eigenvalue weighted by Gasteiger charge is -2.19. The van der Waals surface area contributed by atoms with E-state index < -0.39 is 15.9 Å². The normalized spacial score (nSPS) is 10.9. The van der Waals surface area contributed by atoms with Crippen LogP contribution in [0.15, 0.2) is 89.8 Å². The largest absolute Gasteiger partial charge is 0.326 e. The number of rotatable bonds is 7. The first kappa shape index (κ1) is 20.3. The maximum Gasteiger partial charge on any atom is 0.264 e. The molecule has 0 aliphatic heterocycles. The van der Waals surface area contributed by atoms with Crippen LogP contribution < -0.4 is 9.62 Å². The van der Waals surface area contributed by atoms with E-state index in [1.54, 1.807) is 54.6 Å². The minimum atomic E-state index is -3.73. The summed E-state index contributed by atoms with van der Waals surface area (Å²) in [6.07, 6.45) is -0.291. The first-order chi connectivity index (χ1) is 13.9. The molecule has 0 bridgehead atoms. The summed E-state index contributed by atoms with van der Waals surface area (Å²) in [5.74, 6) is -0.748. The van der Waals surface area contributed by atoms with Crippen LogP contribution in [0.4, 0.5) is 11.4 Å². The number of sulfonamides is 1. The van der Waals surface area contributed by atoms with Crippen molar-refractivity contribution in [1.29, 1.82) is 0 Å².